The van der Waals surface area contributed by atoms with Gasteiger partial charge >= 0.3 is 11.9 Å². The van der Waals surface area contributed by atoms with Crippen molar-refractivity contribution in [1.29, 1.82) is 0 Å². The summed E-state index contributed by atoms with van der Waals surface area (Å²) in [6.07, 6.45) is 30.2. The third-order valence-electron chi connectivity index (χ3n) is 9.63. The summed E-state index contributed by atoms with van der Waals surface area (Å²) in [5.41, 5.74) is 0. The molecule has 13 heteroatoms. The summed E-state index contributed by atoms with van der Waals surface area (Å²) in [5, 5.41) is 30.8. The molecule has 0 aliphatic carbocycles. The van der Waals surface area contributed by atoms with Gasteiger partial charge in [-0.1, -0.05) is 120 Å². The lowest BCUT2D eigenvalue weighted by Gasteiger charge is -2.40. The number of hydrogen-bond acceptors (Lipinski definition) is 11. The van der Waals surface area contributed by atoms with Crippen LogP contribution >= 0.6 is 0 Å². The predicted molar refractivity (Wildman–Crippen MR) is 224 cm³/mol. The average molecular weight is 829 g/mol. The lowest BCUT2D eigenvalue weighted by Crippen LogP contribution is -2.60. The van der Waals surface area contributed by atoms with E-state index in [1.54, 1.807) is 0 Å². The van der Waals surface area contributed by atoms with E-state index in [9.17, 15) is 37.9 Å². The molecule has 6 atom stereocenters. The SMILES string of the molecule is CCCCC/C=C/C/C=C/C/C=C/CCCCC(=O)OC[C@H](CO[C@H]1O[C@H](CS(=O)(=O)O)[C@@H](O)C(O)C1O)OC(=O)CCCCCCC/C=C/CCCCCCC. The molecule has 0 aromatic heterocycles. The van der Waals surface area contributed by atoms with E-state index in [0.29, 0.717) is 12.8 Å². The number of aliphatic hydroxyl groups excluding tert-OH is 3. The topological polar surface area (TPSA) is 186 Å². The highest BCUT2D eigenvalue weighted by molar-refractivity contribution is 7.85. The highest BCUT2D eigenvalue weighted by Crippen LogP contribution is 2.24. The molecule has 2 unspecified atom stereocenters. The average Bonchev–Trinajstić information content (AvgIpc) is 3.17. The van der Waals surface area contributed by atoms with Gasteiger partial charge in [0, 0.05) is 12.8 Å². The maximum Gasteiger partial charge on any atom is 0.306 e. The van der Waals surface area contributed by atoms with Crippen LogP contribution in [0.25, 0.3) is 0 Å². The lowest BCUT2D eigenvalue weighted by molar-refractivity contribution is -0.297. The number of rotatable bonds is 35. The molecule has 1 rings (SSSR count). The molecule has 0 amide bonds. The van der Waals surface area contributed by atoms with E-state index < -0.39 is 71.2 Å². The Morgan fingerprint density at radius 2 is 1.05 bits per heavy atom. The third-order valence-corrected chi connectivity index (χ3v) is 10.4. The molecule has 1 aliphatic rings. The van der Waals surface area contributed by atoms with Gasteiger partial charge in [0.15, 0.2) is 12.4 Å². The van der Waals surface area contributed by atoms with Crippen molar-refractivity contribution >= 4 is 22.1 Å². The van der Waals surface area contributed by atoms with Crippen molar-refractivity contribution in [2.24, 2.45) is 0 Å². The summed E-state index contributed by atoms with van der Waals surface area (Å²) in [6, 6.07) is 0. The van der Waals surface area contributed by atoms with E-state index in [4.69, 9.17) is 18.9 Å². The minimum Gasteiger partial charge on any atom is -0.462 e. The van der Waals surface area contributed by atoms with E-state index in [0.717, 1.165) is 70.6 Å². The molecule has 1 heterocycles. The Hall–Kier alpha value is -2.39. The number of carbonyl (C=O) groups excluding carboxylic acids is 2. The van der Waals surface area contributed by atoms with Gasteiger partial charge in [-0.25, -0.2) is 0 Å². The third kappa shape index (κ3) is 29.5. The lowest BCUT2D eigenvalue weighted by atomic mass is 10.00. The van der Waals surface area contributed by atoms with Gasteiger partial charge < -0.3 is 34.3 Å². The van der Waals surface area contributed by atoms with E-state index in [1.165, 1.54) is 51.4 Å². The minimum absolute atomic E-state index is 0.145. The molecule has 57 heavy (non-hydrogen) atoms. The second-order valence-electron chi connectivity index (χ2n) is 15.0. The highest BCUT2D eigenvalue weighted by Gasteiger charge is 2.46. The van der Waals surface area contributed by atoms with Crippen molar-refractivity contribution in [3.05, 3.63) is 48.6 Å². The standard InChI is InChI=1S/C44H76O12S/c1-3-5-7-9-11-13-15-17-19-21-22-24-26-28-30-32-39(45)53-34-37(35-54-44-43(49)42(48)41(47)38(56-44)36-57(50,51)52)55-40(46)33-31-29-27-25-23-20-18-16-14-12-10-8-6-4-2/h11,13,16-19,22,24,37-38,41-44,47-49H,3-10,12,14-15,20-21,23,25-36H2,1-2H3,(H,50,51,52)/b13-11+,18-16+,19-17+,24-22+/t37-,38-,41-,42?,43?,44+/m1/s1. The monoisotopic (exact) mass is 829 g/mol. The number of ether oxygens (including phenoxy) is 4. The number of allylic oxidation sites excluding steroid dienone is 8. The van der Waals surface area contributed by atoms with Crippen molar-refractivity contribution in [3.63, 3.8) is 0 Å². The molecule has 0 radical (unpaired) electrons. The molecular weight excluding hydrogens is 753 g/mol. The second kappa shape index (κ2) is 34.5. The first-order valence-electron chi connectivity index (χ1n) is 21.7. The molecule has 0 spiro atoms. The van der Waals surface area contributed by atoms with Gasteiger partial charge in [-0.2, -0.15) is 8.42 Å². The van der Waals surface area contributed by atoms with Crippen molar-refractivity contribution in [3.8, 4) is 0 Å². The van der Waals surface area contributed by atoms with Crippen LogP contribution in [0.15, 0.2) is 48.6 Å². The number of unbranched alkanes of at least 4 members (excludes halogenated alkanes) is 15. The minimum atomic E-state index is -4.61. The Morgan fingerprint density at radius 3 is 1.65 bits per heavy atom. The Bertz CT molecular complexity index is 1250. The van der Waals surface area contributed by atoms with E-state index >= 15 is 0 Å². The molecule has 0 aromatic carbocycles. The quantitative estimate of drug-likeness (QED) is 0.0207. The smallest absolute Gasteiger partial charge is 0.306 e. The summed E-state index contributed by atoms with van der Waals surface area (Å²) >= 11 is 0. The first-order chi connectivity index (χ1) is 27.5. The van der Waals surface area contributed by atoms with E-state index in [-0.39, 0.29) is 19.4 Å². The number of esters is 2. The molecule has 1 aliphatic heterocycles. The zero-order valence-corrected chi connectivity index (χ0v) is 35.7. The Morgan fingerprint density at radius 1 is 0.596 bits per heavy atom. The van der Waals surface area contributed by atoms with Gasteiger partial charge in [0.05, 0.1) is 6.61 Å². The van der Waals surface area contributed by atoms with Crippen LogP contribution in [0.1, 0.15) is 162 Å². The normalized spacial score (nSPS) is 21.0. The molecular formula is C44H76O12S. The fourth-order valence-corrected chi connectivity index (χ4v) is 6.90. The molecule has 4 N–H and O–H groups in total. The van der Waals surface area contributed by atoms with Crippen LogP contribution in [0.2, 0.25) is 0 Å². The molecule has 0 aromatic rings. The van der Waals surface area contributed by atoms with Gasteiger partial charge in [-0.15, -0.1) is 0 Å². The highest BCUT2D eigenvalue weighted by atomic mass is 32.2. The van der Waals surface area contributed by atoms with Gasteiger partial charge in [0.2, 0.25) is 0 Å². The maximum atomic E-state index is 12.8. The van der Waals surface area contributed by atoms with Crippen molar-refractivity contribution in [2.75, 3.05) is 19.0 Å². The number of hydrogen-bond donors (Lipinski definition) is 4. The van der Waals surface area contributed by atoms with Crippen molar-refractivity contribution in [2.45, 2.75) is 198 Å². The molecule has 0 bridgehead atoms. The Labute approximate surface area is 343 Å². The summed E-state index contributed by atoms with van der Waals surface area (Å²) in [5.74, 6) is -2.05. The van der Waals surface area contributed by atoms with Crippen LogP contribution in [-0.4, -0.2) is 96.0 Å². The molecule has 1 saturated heterocycles. The van der Waals surface area contributed by atoms with Crippen LogP contribution in [0.5, 0.6) is 0 Å². The largest absolute Gasteiger partial charge is 0.462 e. The van der Waals surface area contributed by atoms with Gasteiger partial charge in [0.1, 0.15) is 36.8 Å². The zero-order valence-electron chi connectivity index (χ0n) is 34.9. The van der Waals surface area contributed by atoms with Crippen molar-refractivity contribution in [1.82, 2.24) is 0 Å². The van der Waals surface area contributed by atoms with Gasteiger partial charge in [0.25, 0.3) is 10.1 Å². The summed E-state index contributed by atoms with van der Waals surface area (Å²) in [6.45, 7) is 3.66. The fourth-order valence-electron chi connectivity index (χ4n) is 6.21. The molecule has 12 nitrogen and oxygen atoms in total. The summed E-state index contributed by atoms with van der Waals surface area (Å²) in [4.78, 5) is 25.3. The summed E-state index contributed by atoms with van der Waals surface area (Å²) < 4.78 is 53.9. The molecule has 1 fully saturated rings. The maximum absolute atomic E-state index is 12.8. The fraction of sp³-hybridized carbons (Fsp3) is 0.773. The van der Waals surface area contributed by atoms with E-state index in [2.05, 4.69) is 62.5 Å². The van der Waals surface area contributed by atoms with E-state index in [1.807, 2.05) is 0 Å². The van der Waals surface area contributed by atoms with Crippen LogP contribution in [-0.2, 0) is 38.7 Å². The zero-order chi connectivity index (χ0) is 42.0. The molecule has 330 valence electrons. The first-order valence-corrected chi connectivity index (χ1v) is 23.3. The number of carbonyl (C=O) groups is 2. The second-order valence-corrected chi connectivity index (χ2v) is 16.5. The molecule has 0 saturated carbocycles. The Balaban J connectivity index is 2.51. The van der Waals surface area contributed by atoms with Gasteiger partial charge in [-0.05, 0) is 77.0 Å². The van der Waals surface area contributed by atoms with Crippen LogP contribution in [0.4, 0.5) is 0 Å². The van der Waals surface area contributed by atoms with Crippen molar-refractivity contribution < 1.29 is 56.8 Å². The first kappa shape index (κ1) is 52.6. The van der Waals surface area contributed by atoms with Gasteiger partial charge in [-0.3, -0.25) is 14.1 Å². The van der Waals surface area contributed by atoms with Crippen LogP contribution in [0.3, 0.4) is 0 Å². The van der Waals surface area contributed by atoms with Crippen LogP contribution < -0.4 is 0 Å². The predicted octanol–water partition coefficient (Wildman–Crippen LogP) is 8.39. The van der Waals surface area contributed by atoms with Crippen LogP contribution in [0, 0.1) is 0 Å². The Kier molecular flexibility index (Phi) is 31.8. The number of aliphatic hydroxyl groups is 3. The summed E-state index contributed by atoms with van der Waals surface area (Å²) in [7, 11) is -4.61.